The highest BCUT2D eigenvalue weighted by Crippen LogP contribution is 2.30. The zero-order chi connectivity index (χ0) is 23.3. The minimum atomic E-state index is -4.50. The first-order chi connectivity index (χ1) is 15.2. The largest absolute Gasteiger partial charge is 0.416 e. The van der Waals surface area contributed by atoms with Gasteiger partial charge in [-0.3, -0.25) is 4.79 Å². The van der Waals surface area contributed by atoms with Crippen LogP contribution in [0.4, 0.5) is 13.2 Å². The summed E-state index contributed by atoms with van der Waals surface area (Å²) in [4.78, 5) is 19.6. The zero-order valence-electron chi connectivity index (χ0n) is 18.3. The van der Waals surface area contributed by atoms with Gasteiger partial charge < -0.3 is 9.47 Å². The molecule has 0 fully saturated rings. The predicted octanol–water partition coefficient (Wildman–Crippen LogP) is 6.95. The van der Waals surface area contributed by atoms with E-state index in [0.29, 0.717) is 23.9 Å². The van der Waals surface area contributed by atoms with Gasteiger partial charge in [-0.2, -0.15) is 13.2 Å². The number of unbranched alkanes of at least 4 members (excludes halogenated alkanes) is 2. The van der Waals surface area contributed by atoms with Crippen LogP contribution in [0.1, 0.15) is 61.3 Å². The normalized spacial score (nSPS) is 11.8. The quantitative estimate of drug-likeness (QED) is 0.321. The van der Waals surface area contributed by atoms with Gasteiger partial charge in [0.05, 0.1) is 23.1 Å². The number of amides is 1. The zero-order valence-corrected chi connectivity index (χ0v) is 19.0. The van der Waals surface area contributed by atoms with Gasteiger partial charge in [0.2, 0.25) is 0 Å². The number of alkyl halides is 3. The first-order valence-electron chi connectivity index (χ1n) is 10.9. The molecule has 4 nitrogen and oxygen atoms in total. The molecule has 0 saturated carbocycles. The molecule has 1 amide bonds. The molecule has 3 rings (SSSR count). The molecular weight excluding hydrogens is 439 g/mol. The van der Waals surface area contributed by atoms with E-state index in [1.54, 1.807) is 11.0 Å². The van der Waals surface area contributed by atoms with Gasteiger partial charge in [0, 0.05) is 23.7 Å². The molecule has 8 heteroatoms. The van der Waals surface area contributed by atoms with E-state index in [-0.39, 0.29) is 12.1 Å². The lowest BCUT2D eigenvalue weighted by atomic mass is 10.1. The molecule has 0 bridgehead atoms. The summed E-state index contributed by atoms with van der Waals surface area (Å²) >= 11 is 6.17. The van der Waals surface area contributed by atoms with Gasteiger partial charge in [-0.25, -0.2) is 4.98 Å². The van der Waals surface area contributed by atoms with Crippen LogP contribution in [0.5, 0.6) is 0 Å². The minimum absolute atomic E-state index is 0.0255. The lowest BCUT2D eigenvalue weighted by Crippen LogP contribution is -2.33. The number of rotatable bonds is 9. The van der Waals surface area contributed by atoms with Crippen LogP contribution in [0.25, 0.3) is 11.0 Å². The van der Waals surface area contributed by atoms with E-state index in [1.807, 2.05) is 23.6 Å². The van der Waals surface area contributed by atoms with Gasteiger partial charge >= 0.3 is 6.18 Å². The highest BCUT2D eigenvalue weighted by Gasteiger charge is 2.31. The van der Waals surface area contributed by atoms with E-state index in [4.69, 9.17) is 16.6 Å². The third-order valence-electron chi connectivity index (χ3n) is 5.32. The summed E-state index contributed by atoms with van der Waals surface area (Å²) in [6.45, 7) is 5.47. The Morgan fingerprint density at radius 1 is 1.09 bits per heavy atom. The average molecular weight is 466 g/mol. The first kappa shape index (κ1) is 24.1. The molecule has 0 N–H and O–H groups in total. The van der Waals surface area contributed by atoms with Gasteiger partial charge in [0.1, 0.15) is 5.82 Å². The maximum Gasteiger partial charge on any atom is 0.416 e. The maximum absolute atomic E-state index is 13.3. The van der Waals surface area contributed by atoms with E-state index in [1.165, 1.54) is 12.1 Å². The molecule has 3 aromatic rings. The molecule has 0 aliphatic rings. The first-order valence-corrected chi connectivity index (χ1v) is 11.2. The van der Waals surface area contributed by atoms with Crippen molar-refractivity contribution in [3.63, 3.8) is 0 Å². The van der Waals surface area contributed by atoms with Crippen LogP contribution in [0.15, 0.2) is 42.5 Å². The van der Waals surface area contributed by atoms with Gasteiger partial charge in [-0.1, -0.05) is 44.4 Å². The van der Waals surface area contributed by atoms with E-state index in [2.05, 4.69) is 6.92 Å². The Morgan fingerprint density at radius 2 is 1.88 bits per heavy atom. The van der Waals surface area contributed by atoms with Crippen LogP contribution in [-0.4, -0.2) is 26.9 Å². The molecule has 0 aliphatic heterocycles. The number of carbonyl (C=O) groups excluding carboxylic acids is 1. The second kappa shape index (κ2) is 10.4. The average Bonchev–Trinajstić information content (AvgIpc) is 3.09. The van der Waals surface area contributed by atoms with Crippen molar-refractivity contribution in [2.75, 3.05) is 6.54 Å². The van der Waals surface area contributed by atoms with Crippen LogP contribution in [0, 0.1) is 0 Å². The molecule has 0 saturated heterocycles. The smallest absolute Gasteiger partial charge is 0.331 e. The number of aryl methyl sites for hydroxylation is 1. The van der Waals surface area contributed by atoms with Crippen LogP contribution >= 0.6 is 11.6 Å². The Balaban J connectivity index is 1.96. The summed E-state index contributed by atoms with van der Waals surface area (Å²) in [6.07, 6.45) is -0.979. The number of halogens is 4. The van der Waals surface area contributed by atoms with Gasteiger partial charge in [-0.15, -0.1) is 0 Å². The fraction of sp³-hybridized carbons (Fsp3) is 0.417. The second-order valence-corrected chi connectivity index (χ2v) is 8.26. The number of carbonyl (C=O) groups is 1. The van der Waals surface area contributed by atoms with Crippen LogP contribution < -0.4 is 0 Å². The van der Waals surface area contributed by atoms with Crippen LogP contribution in [0.2, 0.25) is 5.02 Å². The summed E-state index contributed by atoms with van der Waals surface area (Å²) in [5.74, 6) is 0.265. The molecule has 0 spiro atoms. The predicted molar refractivity (Wildman–Crippen MR) is 121 cm³/mol. The lowest BCUT2D eigenvalue weighted by molar-refractivity contribution is -0.137. The minimum Gasteiger partial charge on any atom is -0.331 e. The number of hydrogen-bond acceptors (Lipinski definition) is 2. The standard InChI is InChI=1S/C24H27ClF3N3O/c1-3-5-6-13-30(23(32)17-8-7-9-18(14-17)24(26,27)28)16-22-29-20-11-10-19(25)15-21(20)31(22)12-4-2/h7-11,14-15H,3-6,12-13,16H2,1-2H3. The van der Waals surface area contributed by atoms with E-state index in [0.717, 1.165) is 48.8 Å². The van der Waals surface area contributed by atoms with Crippen molar-refractivity contribution in [3.05, 3.63) is 64.4 Å². The SMILES string of the molecule is CCCCCN(Cc1nc2ccc(Cl)cc2n1CCC)C(=O)c1cccc(C(F)(F)F)c1. The van der Waals surface area contributed by atoms with Gasteiger partial charge in [-0.05, 0) is 49.2 Å². The molecule has 1 heterocycles. The highest BCUT2D eigenvalue weighted by molar-refractivity contribution is 6.31. The summed E-state index contributed by atoms with van der Waals surface area (Å²) in [5.41, 5.74) is 0.856. The van der Waals surface area contributed by atoms with Gasteiger partial charge in [0.25, 0.3) is 5.91 Å². The van der Waals surface area contributed by atoms with Crippen molar-refractivity contribution in [3.8, 4) is 0 Å². The number of aromatic nitrogens is 2. The number of hydrogen-bond donors (Lipinski definition) is 0. The summed E-state index contributed by atoms with van der Waals surface area (Å²) in [6, 6.07) is 10.0. The fourth-order valence-electron chi connectivity index (χ4n) is 3.73. The molecule has 0 aliphatic carbocycles. The third-order valence-corrected chi connectivity index (χ3v) is 5.56. The van der Waals surface area contributed by atoms with Crippen molar-refractivity contribution in [1.82, 2.24) is 14.5 Å². The van der Waals surface area contributed by atoms with Crippen LogP contribution in [0.3, 0.4) is 0 Å². The number of fused-ring (bicyclic) bond motifs is 1. The topological polar surface area (TPSA) is 38.1 Å². The summed E-state index contributed by atoms with van der Waals surface area (Å²) in [5, 5.41) is 0.598. The Hall–Kier alpha value is -2.54. The van der Waals surface area contributed by atoms with Crippen molar-refractivity contribution in [2.24, 2.45) is 0 Å². The fourth-order valence-corrected chi connectivity index (χ4v) is 3.89. The monoisotopic (exact) mass is 465 g/mol. The molecule has 0 unspecified atom stereocenters. The van der Waals surface area contributed by atoms with Crippen molar-refractivity contribution in [2.45, 2.75) is 58.8 Å². The molecular formula is C24H27ClF3N3O. The molecule has 172 valence electrons. The van der Waals surface area contributed by atoms with Gasteiger partial charge in [0.15, 0.2) is 0 Å². The Labute approximate surface area is 191 Å². The molecule has 2 aromatic carbocycles. The van der Waals surface area contributed by atoms with Crippen molar-refractivity contribution in [1.29, 1.82) is 0 Å². The Kier molecular flexibility index (Phi) is 7.82. The number of imidazole rings is 1. The van der Waals surface area contributed by atoms with E-state index >= 15 is 0 Å². The number of benzene rings is 2. The molecule has 0 atom stereocenters. The third kappa shape index (κ3) is 5.63. The van der Waals surface area contributed by atoms with Crippen molar-refractivity contribution < 1.29 is 18.0 Å². The molecule has 32 heavy (non-hydrogen) atoms. The van der Waals surface area contributed by atoms with E-state index < -0.39 is 17.6 Å². The maximum atomic E-state index is 13.3. The van der Waals surface area contributed by atoms with E-state index in [9.17, 15) is 18.0 Å². The second-order valence-electron chi connectivity index (χ2n) is 7.83. The lowest BCUT2D eigenvalue weighted by Gasteiger charge is -2.23. The van der Waals surface area contributed by atoms with Crippen molar-refractivity contribution >= 4 is 28.5 Å². The molecule has 1 aromatic heterocycles. The highest BCUT2D eigenvalue weighted by atomic mass is 35.5. The summed E-state index contributed by atoms with van der Waals surface area (Å²) in [7, 11) is 0. The van der Waals surface area contributed by atoms with Crippen LogP contribution in [-0.2, 0) is 19.3 Å². The Morgan fingerprint density at radius 3 is 2.56 bits per heavy atom. The Bertz CT molecular complexity index is 1080. The summed E-state index contributed by atoms with van der Waals surface area (Å²) < 4.78 is 41.5. The molecule has 0 radical (unpaired) electrons. The number of nitrogens with zero attached hydrogens (tertiary/aromatic N) is 3.